The first-order valence-corrected chi connectivity index (χ1v) is 6.69. The summed E-state index contributed by atoms with van der Waals surface area (Å²) in [5.74, 6) is 2.25. The van der Waals surface area contributed by atoms with E-state index in [1.807, 2.05) is 23.8 Å². The third kappa shape index (κ3) is 2.80. The van der Waals surface area contributed by atoms with E-state index in [1.165, 1.54) is 0 Å². The molecule has 0 saturated carbocycles. The van der Waals surface area contributed by atoms with E-state index in [0.717, 1.165) is 23.8 Å². The Balaban J connectivity index is 2.27. The third-order valence-corrected chi connectivity index (χ3v) is 3.90. The van der Waals surface area contributed by atoms with Gasteiger partial charge in [0.15, 0.2) is 11.5 Å². The van der Waals surface area contributed by atoms with E-state index in [9.17, 15) is 0 Å². The molecule has 0 aliphatic carbocycles. The molecule has 5 nitrogen and oxygen atoms in total. The number of hydrogen-bond donors (Lipinski definition) is 2. The lowest BCUT2D eigenvalue weighted by atomic mass is 9.81. The molecule has 0 aliphatic heterocycles. The van der Waals surface area contributed by atoms with Gasteiger partial charge in [0.1, 0.15) is 5.82 Å². The van der Waals surface area contributed by atoms with Crippen LogP contribution in [0.5, 0.6) is 0 Å². The van der Waals surface area contributed by atoms with Crippen molar-refractivity contribution in [3.8, 4) is 0 Å². The molecule has 2 aromatic rings. The highest BCUT2D eigenvalue weighted by atomic mass is 15.1. The minimum absolute atomic E-state index is 0.209. The Morgan fingerprint density at radius 3 is 2.74 bits per heavy atom. The number of nitrogens with zero attached hydrogens (tertiary/aromatic N) is 3. The summed E-state index contributed by atoms with van der Waals surface area (Å²) >= 11 is 0. The zero-order chi connectivity index (χ0) is 14.0. The quantitative estimate of drug-likeness (QED) is 0.869. The van der Waals surface area contributed by atoms with Crippen molar-refractivity contribution < 1.29 is 0 Å². The van der Waals surface area contributed by atoms with Crippen molar-refractivity contribution in [3.05, 3.63) is 18.6 Å². The van der Waals surface area contributed by atoms with Gasteiger partial charge in [-0.3, -0.25) is 0 Å². The molecule has 2 aromatic heterocycles. The number of aromatic nitrogens is 3. The number of rotatable bonds is 5. The number of imidazole rings is 1. The van der Waals surface area contributed by atoms with E-state index in [2.05, 4.69) is 48.3 Å². The van der Waals surface area contributed by atoms with Crippen LogP contribution in [0.2, 0.25) is 0 Å². The van der Waals surface area contributed by atoms with Gasteiger partial charge in [0.25, 0.3) is 0 Å². The lowest BCUT2D eigenvalue weighted by Gasteiger charge is -2.29. The van der Waals surface area contributed by atoms with Gasteiger partial charge >= 0.3 is 0 Å². The lowest BCUT2D eigenvalue weighted by molar-refractivity contribution is 0.269. The molecule has 0 atom stereocenters. The lowest BCUT2D eigenvalue weighted by Crippen LogP contribution is -2.29. The van der Waals surface area contributed by atoms with E-state index < -0.39 is 0 Å². The summed E-state index contributed by atoms with van der Waals surface area (Å²) in [5.41, 5.74) is 1.07. The Kier molecular flexibility index (Phi) is 3.64. The molecule has 2 heterocycles. The number of anilines is 2. The largest absolute Gasteiger partial charge is 0.372 e. The predicted octanol–water partition coefficient (Wildman–Crippen LogP) is 2.87. The van der Waals surface area contributed by atoms with Crippen molar-refractivity contribution in [2.24, 2.45) is 11.3 Å². The van der Waals surface area contributed by atoms with Gasteiger partial charge in [-0.2, -0.15) is 0 Å². The number of hydrogen-bond acceptors (Lipinski definition) is 4. The van der Waals surface area contributed by atoms with Crippen LogP contribution in [0.1, 0.15) is 27.7 Å². The molecule has 104 valence electrons. The highest BCUT2D eigenvalue weighted by Crippen LogP contribution is 2.27. The topological polar surface area (TPSA) is 54.2 Å². The monoisotopic (exact) mass is 261 g/mol. The summed E-state index contributed by atoms with van der Waals surface area (Å²) in [7, 11) is 1.87. The third-order valence-electron chi connectivity index (χ3n) is 3.90. The van der Waals surface area contributed by atoms with Crippen molar-refractivity contribution in [2.45, 2.75) is 27.7 Å². The Hall–Kier alpha value is -1.78. The summed E-state index contributed by atoms with van der Waals surface area (Å²) in [5, 5.41) is 6.51. The maximum atomic E-state index is 4.55. The normalized spacial score (nSPS) is 12.1. The van der Waals surface area contributed by atoms with Crippen LogP contribution in [0.3, 0.4) is 0 Å². The van der Waals surface area contributed by atoms with Gasteiger partial charge in [-0.25, -0.2) is 9.97 Å². The Morgan fingerprint density at radius 2 is 2.11 bits per heavy atom. The molecule has 19 heavy (non-hydrogen) atoms. The fraction of sp³-hybridized carbons (Fsp3) is 0.571. The van der Waals surface area contributed by atoms with Gasteiger partial charge in [-0.1, -0.05) is 27.7 Å². The SMILES string of the molecule is CNc1cn2ccnc2c(NCC(C)(C)C(C)C)n1. The van der Waals surface area contributed by atoms with Crippen LogP contribution in [0, 0.1) is 11.3 Å². The maximum Gasteiger partial charge on any atom is 0.180 e. The van der Waals surface area contributed by atoms with Crippen LogP contribution in [-0.2, 0) is 0 Å². The first kappa shape index (κ1) is 13.6. The van der Waals surface area contributed by atoms with Gasteiger partial charge in [-0.05, 0) is 11.3 Å². The second-order valence-electron chi connectivity index (χ2n) is 5.88. The van der Waals surface area contributed by atoms with Crippen LogP contribution in [0.25, 0.3) is 5.65 Å². The maximum absolute atomic E-state index is 4.55. The fourth-order valence-electron chi connectivity index (χ4n) is 1.69. The minimum Gasteiger partial charge on any atom is -0.372 e. The zero-order valence-corrected chi connectivity index (χ0v) is 12.4. The fourth-order valence-corrected chi connectivity index (χ4v) is 1.69. The van der Waals surface area contributed by atoms with E-state index in [1.54, 1.807) is 6.20 Å². The average Bonchev–Trinajstić information content (AvgIpc) is 2.83. The van der Waals surface area contributed by atoms with Gasteiger partial charge < -0.3 is 15.0 Å². The van der Waals surface area contributed by atoms with Gasteiger partial charge in [0.05, 0.1) is 6.20 Å². The first-order valence-electron chi connectivity index (χ1n) is 6.69. The number of nitrogens with one attached hydrogen (secondary N) is 2. The first-order chi connectivity index (χ1) is 8.94. The van der Waals surface area contributed by atoms with Crippen molar-refractivity contribution >= 4 is 17.3 Å². The van der Waals surface area contributed by atoms with E-state index in [4.69, 9.17) is 0 Å². The standard InChI is InChI=1S/C14H23N5/c1-10(2)14(3,4)9-17-12-13-16-6-7-19(13)8-11(15-5)18-12/h6-8,10,15H,9H2,1-5H3,(H,17,18). The predicted molar refractivity (Wildman–Crippen MR) is 79.6 cm³/mol. The van der Waals surface area contributed by atoms with Gasteiger partial charge in [0.2, 0.25) is 0 Å². The van der Waals surface area contributed by atoms with Crippen LogP contribution < -0.4 is 10.6 Å². The molecule has 0 aromatic carbocycles. The van der Waals surface area contributed by atoms with Crippen molar-refractivity contribution in [1.29, 1.82) is 0 Å². The molecule has 0 saturated heterocycles. The van der Waals surface area contributed by atoms with E-state index >= 15 is 0 Å². The second-order valence-corrected chi connectivity index (χ2v) is 5.88. The summed E-state index contributed by atoms with van der Waals surface area (Å²) < 4.78 is 1.98. The molecule has 0 amide bonds. The summed E-state index contributed by atoms with van der Waals surface area (Å²) in [4.78, 5) is 8.90. The molecular weight excluding hydrogens is 238 g/mol. The molecule has 0 unspecified atom stereocenters. The minimum atomic E-state index is 0.209. The Bertz CT molecular complexity index is 556. The Labute approximate surface area is 114 Å². The van der Waals surface area contributed by atoms with Crippen LogP contribution in [0.15, 0.2) is 18.6 Å². The van der Waals surface area contributed by atoms with Crippen molar-refractivity contribution in [2.75, 3.05) is 24.2 Å². The van der Waals surface area contributed by atoms with Crippen LogP contribution >= 0.6 is 0 Å². The van der Waals surface area contributed by atoms with Crippen LogP contribution in [-0.4, -0.2) is 28.0 Å². The second kappa shape index (κ2) is 5.07. The Morgan fingerprint density at radius 1 is 1.37 bits per heavy atom. The van der Waals surface area contributed by atoms with Crippen LogP contribution in [0.4, 0.5) is 11.6 Å². The molecule has 0 bridgehead atoms. The average molecular weight is 261 g/mol. The zero-order valence-electron chi connectivity index (χ0n) is 12.4. The van der Waals surface area contributed by atoms with E-state index in [-0.39, 0.29) is 5.41 Å². The summed E-state index contributed by atoms with van der Waals surface area (Å²) in [6.07, 6.45) is 5.65. The molecule has 0 spiro atoms. The molecule has 5 heteroatoms. The molecule has 0 radical (unpaired) electrons. The van der Waals surface area contributed by atoms with Gasteiger partial charge in [-0.15, -0.1) is 0 Å². The van der Waals surface area contributed by atoms with Gasteiger partial charge in [0, 0.05) is 26.0 Å². The summed E-state index contributed by atoms with van der Waals surface area (Å²) in [6.45, 7) is 9.87. The highest BCUT2D eigenvalue weighted by molar-refractivity contribution is 5.65. The van der Waals surface area contributed by atoms with E-state index in [0.29, 0.717) is 5.92 Å². The molecule has 2 rings (SSSR count). The molecule has 2 N–H and O–H groups in total. The molecule has 0 fully saturated rings. The van der Waals surface area contributed by atoms with Crippen molar-refractivity contribution in [3.63, 3.8) is 0 Å². The summed E-state index contributed by atoms with van der Waals surface area (Å²) in [6, 6.07) is 0. The molecule has 0 aliphatic rings. The molecular formula is C14H23N5. The van der Waals surface area contributed by atoms with Crippen molar-refractivity contribution in [1.82, 2.24) is 14.4 Å². The number of fused-ring (bicyclic) bond motifs is 1. The smallest absolute Gasteiger partial charge is 0.180 e. The highest BCUT2D eigenvalue weighted by Gasteiger charge is 2.22.